The smallest absolute Gasteiger partial charge is 0.277 e. The van der Waals surface area contributed by atoms with Crippen LogP contribution in [0.25, 0.3) is 11.4 Å². The van der Waals surface area contributed by atoms with E-state index in [1.807, 2.05) is 48.5 Å². The fourth-order valence-electron chi connectivity index (χ4n) is 9.55. The third-order valence-electron chi connectivity index (χ3n) is 13.2. The summed E-state index contributed by atoms with van der Waals surface area (Å²) in [7, 11) is 3.10. The van der Waals surface area contributed by atoms with Gasteiger partial charge in [0.1, 0.15) is 22.9 Å². The molecule has 18 nitrogen and oxygen atoms in total. The van der Waals surface area contributed by atoms with Crippen molar-refractivity contribution in [3.63, 3.8) is 0 Å². The maximum atomic E-state index is 14.5. The molecule has 6 heterocycles. The van der Waals surface area contributed by atoms with E-state index in [2.05, 4.69) is 10.6 Å². The number of piperidine rings is 2. The lowest BCUT2D eigenvalue weighted by Gasteiger charge is -2.30. The van der Waals surface area contributed by atoms with E-state index in [9.17, 15) is 28.8 Å². The highest BCUT2D eigenvalue weighted by molar-refractivity contribution is 6.11. The Morgan fingerprint density at radius 2 is 0.812 bits per heavy atom. The standard InChI is InChI=1S/C51H50N10O8/c1-68-38-21-17-36(18-22-38)60-46-40(25-29-58(50(46)66)34-13-9-32(10-14-34)56-27-5-3-7-42(56)62)44(54-60)48(64)52-31-53-49(65)45-41-26-30-59(35-15-11-33(12-16-35)57-28-6-4-8-43(57)63)51(67)47(41)61(55-45)37-19-23-39(69-2)24-20-37/h9-24H,3-8,25-31H2,1-2H3,(H,52,64)(H,53,65). The first-order chi connectivity index (χ1) is 33.6. The van der Waals surface area contributed by atoms with Crippen molar-refractivity contribution >= 4 is 58.2 Å². The maximum absolute atomic E-state index is 14.5. The molecule has 0 bridgehead atoms. The van der Waals surface area contributed by atoms with Crippen LogP contribution in [0.5, 0.6) is 11.5 Å². The van der Waals surface area contributed by atoms with Gasteiger partial charge in [-0.05, 0) is 136 Å². The van der Waals surface area contributed by atoms with Crippen LogP contribution in [0.4, 0.5) is 22.7 Å². The van der Waals surface area contributed by atoms with Gasteiger partial charge < -0.3 is 39.7 Å². The zero-order valence-corrected chi connectivity index (χ0v) is 38.3. The first-order valence-corrected chi connectivity index (χ1v) is 23.2. The number of rotatable bonds is 12. The molecule has 0 spiro atoms. The summed E-state index contributed by atoms with van der Waals surface area (Å²) in [6, 6.07) is 28.6. The molecular weight excluding hydrogens is 881 g/mol. The highest BCUT2D eigenvalue weighted by Gasteiger charge is 2.37. The predicted octanol–water partition coefficient (Wildman–Crippen LogP) is 5.63. The van der Waals surface area contributed by atoms with Gasteiger partial charge in [0.15, 0.2) is 11.4 Å². The molecule has 4 aliphatic heterocycles. The number of nitrogens with one attached hydrogen (secondary N) is 2. The summed E-state index contributed by atoms with van der Waals surface area (Å²) in [4.78, 5) is 89.0. The van der Waals surface area contributed by atoms with Crippen molar-refractivity contribution in [3.05, 3.63) is 131 Å². The van der Waals surface area contributed by atoms with E-state index in [-0.39, 0.29) is 66.2 Å². The molecule has 2 aromatic heterocycles. The van der Waals surface area contributed by atoms with Crippen LogP contribution in [0.2, 0.25) is 0 Å². The molecule has 4 aliphatic rings. The molecule has 352 valence electrons. The summed E-state index contributed by atoms with van der Waals surface area (Å²) in [5.74, 6) is -0.569. The van der Waals surface area contributed by atoms with Crippen LogP contribution >= 0.6 is 0 Å². The number of benzene rings is 4. The van der Waals surface area contributed by atoms with Crippen molar-refractivity contribution < 1.29 is 38.2 Å². The molecule has 2 N–H and O–H groups in total. The summed E-state index contributed by atoms with van der Waals surface area (Å²) in [5.41, 5.74) is 5.31. The minimum absolute atomic E-state index is 0.0319. The number of methoxy groups -OCH3 is 2. The Balaban J connectivity index is 0.886. The minimum Gasteiger partial charge on any atom is -0.497 e. The number of carbonyl (C=O) groups is 6. The Bertz CT molecular complexity index is 2780. The van der Waals surface area contributed by atoms with Gasteiger partial charge in [0.05, 0.1) is 32.3 Å². The van der Waals surface area contributed by atoms with Gasteiger partial charge in [-0.2, -0.15) is 10.2 Å². The first kappa shape index (κ1) is 44.6. The summed E-state index contributed by atoms with van der Waals surface area (Å²) in [6.45, 7) is 1.52. The zero-order valence-electron chi connectivity index (χ0n) is 38.3. The summed E-state index contributed by atoms with van der Waals surface area (Å²) >= 11 is 0. The lowest BCUT2D eigenvalue weighted by atomic mass is 10.0. The van der Waals surface area contributed by atoms with Crippen LogP contribution < -0.4 is 39.7 Å². The molecule has 0 radical (unpaired) electrons. The van der Waals surface area contributed by atoms with Gasteiger partial charge in [-0.1, -0.05) is 0 Å². The molecule has 2 saturated heterocycles. The van der Waals surface area contributed by atoms with E-state index < -0.39 is 11.8 Å². The van der Waals surface area contributed by atoms with Crippen molar-refractivity contribution in [1.82, 2.24) is 30.2 Å². The number of aromatic nitrogens is 4. The van der Waals surface area contributed by atoms with E-state index in [0.29, 0.717) is 84.1 Å². The van der Waals surface area contributed by atoms with E-state index in [0.717, 1.165) is 37.1 Å². The quantitative estimate of drug-likeness (QED) is 0.145. The molecule has 69 heavy (non-hydrogen) atoms. The first-order valence-electron chi connectivity index (χ1n) is 23.2. The van der Waals surface area contributed by atoms with Gasteiger partial charge in [-0.25, -0.2) is 9.36 Å². The minimum atomic E-state index is -0.608. The number of fused-ring (bicyclic) bond motifs is 2. The molecule has 0 unspecified atom stereocenters. The molecule has 10 rings (SSSR count). The van der Waals surface area contributed by atoms with Gasteiger partial charge in [-0.15, -0.1) is 0 Å². The number of carbonyl (C=O) groups excluding carboxylic acids is 6. The highest BCUT2D eigenvalue weighted by Crippen LogP contribution is 2.34. The van der Waals surface area contributed by atoms with Crippen molar-refractivity contribution in [1.29, 1.82) is 0 Å². The Kier molecular flexibility index (Phi) is 12.1. The van der Waals surface area contributed by atoms with Crippen LogP contribution in [-0.4, -0.2) is 102 Å². The molecule has 0 aliphatic carbocycles. The van der Waals surface area contributed by atoms with E-state index in [1.54, 1.807) is 82.4 Å². The second-order valence-electron chi connectivity index (χ2n) is 17.2. The SMILES string of the molecule is COc1ccc(-n2nc(C(=O)NCNC(=O)c3nn(-c4ccc(OC)cc4)c4c3CCN(c3ccc(N5CCCCC5=O)cc3)C4=O)c3c2C(=O)N(c2ccc(N4CCCCC4=O)cc2)CC3)cc1. The fraction of sp³-hybridized carbons (Fsp3) is 0.294. The van der Waals surface area contributed by atoms with Gasteiger partial charge in [-0.3, -0.25) is 28.8 Å². The fourth-order valence-corrected chi connectivity index (χ4v) is 9.55. The van der Waals surface area contributed by atoms with Gasteiger partial charge >= 0.3 is 0 Å². The summed E-state index contributed by atoms with van der Waals surface area (Å²) < 4.78 is 13.6. The number of hydrogen-bond acceptors (Lipinski definition) is 10. The topological polar surface area (TPSA) is 194 Å². The average molecular weight is 931 g/mol. The number of hydrogen-bond donors (Lipinski definition) is 2. The number of nitrogens with zero attached hydrogens (tertiary/aromatic N) is 8. The van der Waals surface area contributed by atoms with Crippen molar-refractivity contribution in [3.8, 4) is 22.9 Å². The molecule has 2 fully saturated rings. The van der Waals surface area contributed by atoms with Crippen molar-refractivity contribution in [2.45, 2.75) is 51.4 Å². The highest BCUT2D eigenvalue weighted by atomic mass is 16.5. The average Bonchev–Trinajstić information content (AvgIpc) is 3.98. The monoisotopic (exact) mass is 930 g/mol. The van der Waals surface area contributed by atoms with Crippen LogP contribution in [0.1, 0.15) is 91.6 Å². The Hall–Kier alpha value is -8.28. The largest absolute Gasteiger partial charge is 0.497 e. The maximum Gasteiger partial charge on any atom is 0.277 e. The number of amides is 6. The van der Waals surface area contributed by atoms with Crippen molar-refractivity contribution in [2.24, 2.45) is 0 Å². The Morgan fingerprint density at radius 3 is 1.16 bits per heavy atom. The zero-order chi connectivity index (χ0) is 47.8. The molecule has 18 heteroatoms. The second kappa shape index (κ2) is 18.8. The molecule has 6 amide bonds. The van der Waals surface area contributed by atoms with Crippen LogP contribution in [0, 0.1) is 0 Å². The molecule has 6 aromatic rings. The van der Waals surface area contributed by atoms with Crippen molar-refractivity contribution in [2.75, 3.05) is 66.7 Å². The Labute approximate surface area is 397 Å². The van der Waals surface area contributed by atoms with E-state index in [4.69, 9.17) is 19.7 Å². The lowest BCUT2D eigenvalue weighted by molar-refractivity contribution is -0.120. The molecule has 0 saturated carbocycles. The molecule has 0 atom stereocenters. The summed E-state index contributed by atoms with van der Waals surface area (Å²) in [6.07, 6.45) is 5.24. The van der Waals surface area contributed by atoms with E-state index in [1.165, 1.54) is 9.36 Å². The normalized spacial score (nSPS) is 16.0. The van der Waals surface area contributed by atoms with E-state index >= 15 is 0 Å². The predicted molar refractivity (Wildman–Crippen MR) is 256 cm³/mol. The Morgan fingerprint density at radius 1 is 0.464 bits per heavy atom. The molecular formula is C51H50N10O8. The lowest BCUT2D eigenvalue weighted by Crippen LogP contribution is -2.41. The molecule has 4 aromatic carbocycles. The third-order valence-corrected chi connectivity index (χ3v) is 13.2. The number of anilines is 4. The van der Waals surface area contributed by atoms with Gasteiger partial charge in [0.2, 0.25) is 11.8 Å². The third kappa shape index (κ3) is 8.42. The second-order valence-corrected chi connectivity index (χ2v) is 17.2. The summed E-state index contributed by atoms with van der Waals surface area (Å²) in [5, 5.41) is 14.9. The van der Waals surface area contributed by atoms with Gasteiger partial charge in [0.25, 0.3) is 23.6 Å². The van der Waals surface area contributed by atoms with Crippen LogP contribution in [0.15, 0.2) is 97.1 Å². The van der Waals surface area contributed by atoms with Crippen LogP contribution in [0.3, 0.4) is 0 Å². The van der Waals surface area contributed by atoms with Crippen LogP contribution in [-0.2, 0) is 22.4 Å². The van der Waals surface area contributed by atoms with Gasteiger partial charge in [0, 0.05) is 72.9 Å². The number of ether oxygens (including phenoxy) is 2.